The number of aromatic nitrogens is 1. The first kappa shape index (κ1) is 18.4. The Morgan fingerprint density at radius 1 is 1.15 bits per heavy atom. The van der Waals surface area contributed by atoms with Gasteiger partial charge in [-0.3, -0.25) is 14.2 Å². The monoisotopic (exact) mass is 364 g/mol. The van der Waals surface area contributed by atoms with Crippen LogP contribution in [-0.4, -0.2) is 35.5 Å². The van der Waals surface area contributed by atoms with E-state index in [1.54, 1.807) is 29.8 Å². The van der Waals surface area contributed by atoms with Crippen LogP contribution in [0.3, 0.4) is 0 Å². The quantitative estimate of drug-likeness (QED) is 0.539. The predicted molar refractivity (Wildman–Crippen MR) is 101 cm³/mol. The molecule has 1 N–H and O–H groups in total. The zero-order valence-electron chi connectivity index (χ0n) is 15.1. The topological polar surface area (TPSA) is 77.4 Å². The number of carbonyl (C=O) groups excluding carboxylic acids is 3. The van der Waals surface area contributed by atoms with Crippen molar-refractivity contribution in [2.75, 3.05) is 7.11 Å². The molecule has 0 unspecified atom stereocenters. The van der Waals surface area contributed by atoms with Crippen molar-refractivity contribution in [2.45, 2.75) is 18.9 Å². The molecule has 3 rings (SSSR count). The van der Waals surface area contributed by atoms with Gasteiger partial charge in [0.15, 0.2) is 0 Å². The van der Waals surface area contributed by atoms with E-state index < -0.39 is 11.5 Å². The number of benzene rings is 2. The Hall–Kier alpha value is -3.41. The van der Waals surface area contributed by atoms with E-state index in [0.717, 1.165) is 16.5 Å². The molecule has 0 bridgehead atoms. The molecule has 0 aliphatic heterocycles. The first-order chi connectivity index (χ1) is 13.0. The summed E-state index contributed by atoms with van der Waals surface area (Å²) in [5, 5.41) is 3.41. The lowest BCUT2D eigenvalue weighted by atomic mass is 9.92. The lowest BCUT2D eigenvalue weighted by molar-refractivity contribution is -0.148. The van der Waals surface area contributed by atoms with Gasteiger partial charge in [0.25, 0.3) is 5.91 Å². The van der Waals surface area contributed by atoms with E-state index in [1.165, 1.54) is 7.11 Å². The summed E-state index contributed by atoms with van der Waals surface area (Å²) < 4.78 is 6.40. The molecule has 0 spiro atoms. The number of fused-ring (bicyclic) bond motifs is 1. The van der Waals surface area contributed by atoms with E-state index in [1.807, 2.05) is 42.5 Å². The molecule has 6 heteroatoms. The molecule has 0 fully saturated rings. The summed E-state index contributed by atoms with van der Waals surface area (Å²) in [5.41, 5.74) is 1.06. The molecule has 27 heavy (non-hydrogen) atoms. The Bertz CT molecular complexity index is 994. The maximum atomic E-state index is 12.7. The fourth-order valence-corrected chi connectivity index (χ4v) is 3.14. The van der Waals surface area contributed by atoms with Crippen LogP contribution in [0.1, 0.15) is 22.8 Å². The summed E-state index contributed by atoms with van der Waals surface area (Å²) >= 11 is 0. The van der Waals surface area contributed by atoms with Crippen molar-refractivity contribution in [2.24, 2.45) is 0 Å². The minimum absolute atomic E-state index is 0.111. The number of nitrogens with zero attached hydrogens (tertiary/aromatic N) is 1. The van der Waals surface area contributed by atoms with Gasteiger partial charge in [-0.05, 0) is 42.8 Å². The molecule has 0 aliphatic rings. The van der Waals surface area contributed by atoms with Crippen LogP contribution in [-0.2, 0) is 20.7 Å². The molecule has 0 saturated heterocycles. The van der Waals surface area contributed by atoms with Gasteiger partial charge in [0.2, 0.25) is 6.41 Å². The van der Waals surface area contributed by atoms with Gasteiger partial charge in [0.05, 0.1) is 12.6 Å². The SMILES string of the molecule is COC(=O)[C@](C)(Cc1ccc2c(ccn2C(=O)c2ccccc2)c1)NC=O. The standard InChI is InChI=1S/C21H20N2O4/c1-21(22-14-24,20(26)27-2)13-15-8-9-18-17(12-15)10-11-23(18)19(25)16-6-4-3-5-7-16/h3-12,14H,13H2,1-2H3,(H,22,24)/t21-/m0/s1. The van der Waals surface area contributed by atoms with E-state index in [4.69, 9.17) is 4.74 Å². The Kier molecular flexibility index (Phi) is 5.07. The van der Waals surface area contributed by atoms with Crippen LogP contribution in [0.5, 0.6) is 0 Å². The lowest BCUT2D eigenvalue weighted by Crippen LogP contribution is -2.51. The summed E-state index contributed by atoms with van der Waals surface area (Å²) in [6, 6.07) is 16.5. The number of rotatable bonds is 6. The Morgan fingerprint density at radius 3 is 2.56 bits per heavy atom. The van der Waals surface area contributed by atoms with Gasteiger partial charge >= 0.3 is 5.97 Å². The van der Waals surface area contributed by atoms with Gasteiger partial charge in [-0.25, -0.2) is 4.79 Å². The zero-order valence-corrected chi connectivity index (χ0v) is 15.1. The molecule has 1 atom stereocenters. The Balaban J connectivity index is 1.92. The molecule has 3 aromatic rings. The number of hydrogen-bond donors (Lipinski definition) is 1. The molecule has 2 aromatic carbocycles. The summed E-state index contributed by atoms with van der Waals surface area (Å²) in [4.78, 5) is 35.6. The van der Waals surface area contributed by atoms with Crippen molar-refractivity contribution in [3.63, 3.8) is 0 Å². The third-order valence-electron chi connectivity index (χ3n) is 4.57. The number of methoxy groups -OCH3 is 1. The van der Waals surface area contributed by atoms with E-state index in [-0.39, 0.29) is 12.3 Å². The molecular weight excluding hydrogens is 344 g/mol. The second-order valence-corrected chi connectivity index (χ2v) is 6.51. The minimum Gasteiger partial charge on any atom is -0.467 e. The highest BCUT2D eigenvalue weighted by atomic mass is 16.5. The number of hydrogen-bond acceptors (Lipinski definition) is 4. The minimum atomic E-state index is -1.16. The van der Waals surface area contributed by atoms with E-state index in [2.05, 4.69) is 5.32 Å². The van der Waals surface area contributed by atoms with E-state index >= 15 is 0 Å². The number of amides is 1. The largest absolute Gasteiger partial charge is 0.467 e. The fourth-order valence-electron chi connectivity index (χ4n) is 3.14. The van der Waals surface area contributed by atoms with Gasteiger partial charge in [-0.15, -0.1) is 0 Å². The van der Waals surface area contributed by atoms with Gasteiger partial charge in [0, 0.05) is 23.6 Å². The van der Waals surface area contributed by atoms with Crippen molar-refractivity contribution >= 4 is 29.2 Å². The van der Waals surface area contributed by atoms with Crippen molar-refractivity contribution in [3.8, 4) is 0 Å². The van der Waals surface area contributed by atoms with Crippen LogP contribution in [0.25, 0.3) is 10.9 Å². The molecule has 6 nitrogen and oxygen atoms in total. The number of esters is 1. The molecule has 0 saturated carbocycles. The normalized spacial score (nSPS) is 13.0. The molecule has 1 heterocycles. The van der Waals surface area contributed by atoms with E-state index in [0.29, 0.717) is 12.0 Å². The molecular formula is C21H20N2O4. The number of carbonyl (C=O) groups is 3. The smallest absolute Gasteiger partial charge is 0.331 e. The maximum absolute atomic E-state index is 12.7. The van der Waals surface area contributed by atoms with Gasteiger partial charge in [-0.2, -0.15) is 0 Å². The van der Waals surface area contributed by atoms with Crippen LogP contribution in [0.2, 0.25) is 0 Å². The van der Waals surface area contributed by atoms with Crippen LogP contribution < -0.4 is 5.32 Å². The number of ether oxygens (including phenoxy) is 1. The first-order valence-electron chi connectivity index (χ1n) is 8.48. The average Bonchev–Trinajstić information content (AvgIpc) is 3.10. The Labute approximate surface area is 156 Å². The van der Waals surface area contributed by atoms with Gasteiger partial charge in [-0.1, -0.05) is 24.3 Å². The fraction of sp³-hybridized carbons (Fsp3) is 0.190. The summed E-state index contributed by atoms with van der Waals surface area (Å²) in [5.74, 6) is -0.633. The highest BCUT2D eigenvalue weighted by molar-refractivity contribution is 6.02. The Morgan fingerprint density at radius 2 is 1.89 bits per heavy atom. The zero-order chi connectivity index (χ0) is 19.4. The first-order valence-corrected chi connectivity index (χ1v) is 8.48. The second-order valence-electron chi connectivity index (χ2n) is 6.51. The van der Waals surface area contributed by atoms with Crippen molar-refractivity contribution in [1.82, 2.24) is 9.88 Å². The van der Waals surface area contributed by atoms with Gasteiger partial charge in [0.1, 0.15) is 5.54 Å². The van der Waals surface area contributed by atoms with Crippen molar-refractivity contribution < 1.29 is 19.1 Å². The van der Waals surface area contributed by atoms with Crippen molar-refractivity contribution in [1.29, 1.82) is 0 Å². The summed E-state index contributed by atoms with van der Waals surface area (Å²) in [7, 11) is 1.28. The predicted octanol–water partition coefficient (Wildman–Crippen LogP) is 2.55. The second kappa shape index (κ2) is 7.45. The summed E-state index contributed by atoms with van der Waals surface area (Å²) in [6.07, 6.45) is 2.49. The van der Waals surface area contributed by atoms with Crippen LogP contribution >= 0.6 is 0 Å². The maximum Gasteiger partial charge on any atom is 0.331 e. The van der Waals surface area contributed by atoms with E-state index in [9.17, 15) is 14.4 Å². The molecule has 0 aliphatic carbocycles. The van der Waals surface area contributed by atoms with Crippen LogP contribution in [0.4, 0.5) is 0 Å². The average molecular weight is 364 g/mol. The highest BCUT2D eigenvalue weighted by Crippen LogP contribution is 2.22. The summed E-state index contributed by atoms with van der Waals surface area (Å²) in [6.45, 7) is 1.61. The molecule has 138 valence electrons. The third kappa shape index (κ3) is 3.60. The molecule has 1 aromatic heterocycles. The van der Waals surface area contributed by atoms with Crippen LogP contribution in [0.15, 0.2) is 60.8 Å². The molecule has 0 radical (unpaired) electrons. The number of nitrogens with one attached hydrogen (secondary N) is 1. The third-order valence-corrected chi connectivity index (χ3v) is 4.57. The highest BCUT2D eigenvalue weighted by Gasteiger charge is 2.34. The van der Waals surface area contributed by atoms with Crippen molar-refractivity contribution in [3.05, 3.63) is 71.9 Å². The van der Waals surface area contributed by atoms with Gasteiger partial charge < -0.3 is 10.1 Å². The lowest BCUT2D eigenvalue weighted by Gasteiger charge is -2.26. The van der Waals surface area contributed by atoms with Crippen LogP contribution in [0, 0.1) is 0 Å². The molecule has 1 amide bonds.